The maximum absolute atomic E-state index is 13.6. The average Bonchev–Trinajstić information content (AvgIpc) is 3.17. The fourth-order valence-corrected chi connectivity index (χ4v) is 4.64. The SMILES string of the molecule is COc1cc(/C(O)=C2\C(=O)C(=O)N(c3cccc(NC(C)=O)c3)C2c2ccccc2OC)c(OC)cc1Cl. The van der Waals surface area contributed by atoms with Gasteiger partial charge in [0, 0.05) is 29.9 Å². The summed E-state index contributed by atoms with van der Waals surface area (Å²) >= 11 is 6.24. The first-order valence-corrected chi connectivity index (χ1v) is 11.8. The molecule has 0 aromatic heterocycles. The molecule has 1 unspecified atom stereocenters. The molecule has 0 saturated carbocycles. The van der Waals surface area contributed by atoms with E-state index >= 15 is 0 Å². The highest BCUT2D eigenvalue weighted by Gasteiger charge is 2.48. The number of rotatable bonds is 7. The molecule has 10 heteroatoms. The number of hydrogen-bond donors (Lipinski definition) is 2. The number of aliphatic hydroxyl groups excluding tert-OH is 1. The third-order valence-corrected chi connectivity index (χ3v) is 6.35. The van der Waals surface area contributed by atoms with E-state index in [0.29, 0.717) is 22.7 Å². The molecular weight excluding hydrogens is 512 g/mol. The van der Waals surface area contributed by atoms with Crippen molar-refractivity contribution >= 4 is 46.3 Å². The lowest BCUT2D eigenvalue weighted by Crippen LogP contribution is -2.29. The van der Waals surface area contributed by atoms with Crippen molar-refractivity contribution in [3.8, 4) is 17.2 Å². The second-order valence-electron chi connectivity index (χ2n) is 8.33. The Hall–Kier alpha value is -4.50. The summed E-state index contributed by atoms with van der Waals surface area (Å²) in [5.74, 6) is -1.76. The Morgan fingerprint density at radius 2 is 1.61 bits per heavy atom. The van der Waals surface area contributed by atoms with Gasteiger partial charge in [-0.25, -0.2) is 0 Å². The monoisotopic (exact) mass is 536 g/mol. The fraction of sp³-hybridized carbons (Fsp3) is 0.179. The Labute approximate surface area is 224 Å². The Bertz CT molecular complexity index is 1470. The number of carbonyl (C=O) groups excluding carboxylic acids is 3. The lowest BCUT2D eigenvalue weighted by molar-refractivity contribution is -0.132. The summed E-state index contributed by atoms with van der Waals surface area (Å²) < 4.78 is 16.2. The minimum atomic E-state index is -1.08. The van der Waals surface area contributed by atoms with E-state index < -0.39 is 23.5 Å². The Balaban J connectivity index is 2.01. The summed E-state index contributed by atoms with van der Waals surface area (Å²) in [6.45, 7) is 1.36. The molecule has 9 nitrogen and oxygen atoms in total. The van der Waals surface area contributed by atoms with E-state index in [1.807, 2.05) is 0 Å². The predicted molar refractivity (Wildman–Crippen MR) is 143 cm³/mol. The lowest BCUT2D eigenvalue weighted by atomic mass is 9.94. The molecule has 0 spiro atoms. The molecule has 1 saturated heterocycles. The van der Waals surface area contributed by atoms with Crippen molar-refractivity contribution in [2.75, 3.05) is 31.5 Å². The summed E-state index contributed by atoms with van der Waals surface area (Å²) in [6.07, 6.45) is 0. The zero-order valence-electron chi connectivity index (χ0n) is 21.1. The number of methoxy groups -OCH3 is 3. The van der Waals surface area contributed by atoms with E-state index in [1.165, 1.54) is 45.3 Å². The van der Waals surface area contributed by atoms with Crippen LogP contribution in [0.5, 0.6) is 17.2 Å². The van der Waals surface area contributed by atoms with Crippen molar-refractivity contribution in [1.82, 2.24) is 0 Å². The fourth-order valence-electron chi connectivity index (χ4n) is 4.41. The largest absolute Gasteiger partial charge is 0.507 e. The van der Waals surface area contributed by atoms with Crippen molar-refractivity contribution in [3.63, 3.8) is 0 Å². The molecule has 1 heterocycles. The van der Waals surface area contributed by atoms with Crippen molar-refractivity contribution in [2.45, 2.75) is 13.0 Å². The molecule has 0 bridgehead atoms. The first-order valence-electron chi connectivity index (χ1n) is 11.4. The second kappa shape index (κ2) is 10.9. The van der Waals surface area contributed by atoms with Crippen molar-refractivity contribution in [2.24, 2.45) is 0 Å². The maximum atomic E-state index is 13.6. The van der Waals surface area contributed by atoms with Gasteiger partial charge in [-0.05, 0) is 30.3 Å². The van der Waals surface area contributed by atoms with Crippen LogP contribution in [-0.4, -0.2) is 44.0 Å². The molecule has 2 amide bonds. The summed E-state index contributed by atoms with van der Waals surface area (Å²) in [5.41, 5.74) is 1.14. The van der Waals surface area contributed by atoms with Crippen LogP contribution in [-0.2, 0) is 14.4 Å². The summed E-state index contributed by atoms with van der Waals surface area (Å²) in [7, 11) is 4.27. The third kappa shape index (κ3) is 4.76. The summed E-state index contributed by atoms with van der Waals surface area (Å²) in [6, 6.07) is 15.2. The number of carbonyl (C=O) groups is 3. The number of aliphatic hydroxyl groups is 1. The molecule has 2 N–H and O–H groups in total. The lowest BCUT2D eigenvalue weighted by Gasteiger charge is -2.27. The molecule has 4 rings (SSSR count). The van der Waals surface area contributed by atoms with Crippen LogP contribution >= 0.6 is 11.6 Å². The highest BCUT2D eigenvalue weighted by molar-refractivity contribution is 6.51. The van der Waals surface area contributed by atoms with E-state index in [1.54, 1.807) is 48.5 Å². The standard InChI is InChI=1S/C28H25ClN2O7/c1-15(32)30-16-8-7-9-17(12-16)31-25(18-10-5-6-11-21(18)36-2)24(27(34)28(31)35)26(33)19-13-23(38-4)20(29)14-22(19)37-3/h5-14,25,33H,1-4H3,(H,30,32)/b26-24+. The molecule has 1 atom stereocenters. The number of anilines is 2. The van der Waals surface area contributed by atoms with Crippen LogP contribution in [0.15, 0.2) is 66.2 Å². The van der Waals surface area contributed by atoms with Gasteiger partial charge in [0.15, 0.2) is 0 Å². The number of ether oxygens (including phenoxy) is 3. The molecule has 3 aromatic rings. The molecule has 0 radical (unpaired) electrons. The average molecular weight is 537 g/mol. The second-order valence-corrected chi connectivity index (χ2v) is 8.74. The Morgan fingerprint density at radius 1 is 0.921 bits per heavy atom. The maximum Gasteiger partial charge on any atom is 0.300 e. The number of hydrogen-bond acceptors (Lipinski definition) is 7. The summed E-state index contributed by atoms with van der Waals surface area (Å²) in [4.78, 5) is 40.0. The number of benzene rings is 3. The molecule has 196 valence electrons. The molecule has 1 aliphatic heterocycles. The van der Waals surface area contributed by atoms with Crippen LogP contribution in [0.1, 0.15) is 24.1 Å². The number of nitrogens with zero attached hydrogens (tertiary/aromatic N) is 1. The van der Waals surface area contributed by atoms with Gasteiger partial charge >= 0.3 is 0 Å². The van der Waals surface area contributed by atoms with Crippen LogP contribution in [0.25, 0.3) is 5.76 Å². The van der Waals surface area contributed by atoms with Crippen molar-refractivity contribution in [1.29, 1.82) is 0 Å². The van der Waals surface area contributed by atoms with Crippen LogP contribution in [0.4, 0.5) is 11.4 Å². The third-order valence-electron chi connectivity index (χ3n) is 6.05. The first kappa shape index (κ1) is 26.6. The van der Waals surface area contributed by atoms with E-state index in [2.05, 4.69) is 5.32 Å². The van der Waals surface area contributed by atoms with Crippen LogP contribution in [0.2, 0.25) is 5.02 Å². The van der Waals surface area contributed by atoms with Crippen molar-refractivity contribution < 1.29 is 33.7 Å². The number of ketones is 1. The van der Waals surface area contributed by atoms with E-state index in [0.717, 1.165) is 0 Å². The highest BCUT2D eigenvalue weighted by Crippen LogP contribution is 2.47. The number of amides is 2. The van der Waals surface area contributed by atoms with Gasteiger partial charge in [0.2, 0.25) is 5.91 Å². The zero-order valence-corrected chi connectivity index (χ0v) is 21.8. The minimum Gasteiger partial charge on any atom is -0.507 e. The molecule has 1 fully saturated rings. The van der Waals surface area contributed by atoms with Gasteiger partial charge in [0.1, 0.15) is 23.0 Å². The van der Waals surface area contributed by atoms with E-state index in [9.17, 15) is 19.5 Å². The zero-order chi connectivity index (χ0) is 27.6. The number of Topliss-reactive ketones (excluding diaryl/α,β-unsaturated/α-hetero) is 1. The van der Waals surface area contributed by atoms with E-state index in [4.69, 9.17) is 25.8 Å². The molecule has 38 heavy (non-hydrogen) atoms. The number of nitrogens with one attached hydrogen (secondary N) is 1. The van der Waals surface area contributed by atoms with E-state index in [-0.39, 0.29) is 33.6 Å². The van der Waals surface area contributed by atoms with Crippen LogP contribution in [0.3, 0.4) is 0 Å². The topological polar surface area (TPSA) is 114 Å². The Kier molecular flexibility index (Phi) is 7.59. The number of para-hydroxylation sites is 1. The van der Waals surface area contributed by atoms with Gasteiger partial charge < -0.3 is 24.6 Å². The van der Waals surface area contributed by atoms with Gasteiger partial charge in [-0.15, -0.1) is 0 Å². The summed E-state index contributed by atoms with van der Waals surface area (Å²) in [5, 5.41) is 14.5. The molecule has 3 aromatic carbocycles. The smallest absolute Gasteiger partial charge is 0.300 e. The normalized spacial score (nSPS) is 16.3. The van der Waals surface area contributed by atoms with Gasteiger partial charge in [0.25, 0.3) is 11.7 Å². The minimum absolute atomic E-state index is 0.110. The van der Waals surface area contributed by atoms with Gasteiger partial charge in [0.05, 0.1) is 43.5 Å². The molecule has 1 aliphatic rings. The Morgan fingerprint density at radius 3 is 2.26 bits per heavy atom. The van der Waals surface area contributed by atoms with Gasteiger partial charge in [-0.3, -0.25) is 19.3 Å². The quantitative estimate of drug-likeness (QED) is 0.249. The molecular formula is C28H25ClN2O7. The predicted octanol–water partition coefficient (Wildman–Crippen LogP) is 4.95. The van der Waals surface area contributed by atoms with Crippen LogP contribution in [0, 0.1) is 0 Å². The van der Waals surface area contributed by atoms with Gasteiger partial charge in [-0.1, -0.05) is 35.9 Å². The first-order chi connectivity index (χ1) is 18.2. The molecule has 0 aliphatic carbocycles. The van der Waals surface area contributed by atoms with Gasteiger partial charge in [-0.2, -0.15) is 0 Å². The highest BCUT2D eigenvalue weighted by atomic mass is 35.5. The van der Waals surface area contributed by atoms with Crippen LogP contribution < -0.4 is 24.4 Å². The number of halogens is 1. The van der Waals surface area contributed by atoms with Crippen molar-refractivity contribution in [3.05, 3.63) is 82.4 Å².